The summed E-state index contributed by atoms with van der Waals surface area (Å²) in [6.45, 7) is 1.79. The molecule has 0 spiro atoms. The van der Waals surface area contributed by atoms with E-state index in [1.165, 1.54) is 17.8 Å². The molecule has 2 unspecified atom stereocenters. The molecule has 4 saturated carbocycles. The summed E-state index contributed by atoms with van der Waals surface area (Å²) in [7, 11) is 0. The van der Waals surface area contributed by atoms with Crippen LogP contribution in [0.5, 0.6) is 0 Å². The van der Waals surface area contributed by atoms with Crippen LogP contribution in [-0.4, -0.2) is 64.7 Å². The van der Waals surface area contributed by atoms with E-state index in [2.05, 4.69) is 15.9 Å². The highest BCUT2D eigenvalue weighted by molar-refractivity contribution is 9.10. The van der Waals surface area contributed by atoms with Crippen LogP contribution >= 0.6 is 27.3 Å². The summed E-state index contributed by atoms with van der Waals surface area (Å²) in [5.41, 5.74) is -0.403. The van der Waals surface area contributed by atoms with Crippen molar-refractivity contribution in [3.63, 3.8) is 0 Å². The summed E-state index contributed by atoms with van der Waals surface area (Å²) in [4.78, 5) is 42.3. The standard InChI is InChI=1S/C22H27BrN2O4S/c23-22-11-15-8-16(12-22)10-21(9-15,14-22)20(28)29-13-18(26)24-3-5-25(6-4-24)19(27)17-2-1-7-30-17/h1-2,7,15-16H,3-6,8-14H2. The van der Waals surface area contributed by atoms with E-state index in [0.29, 0.717) is 38.0 Å². The Hall–Kier alpha value is -1.41. The SMILES string of the molecule is O=C(COC(=O)C12CC3CC(CC(Br)(C3)C1)C2)N1CCN(C(=O)c2cccs2)CC1. The highest BCUT2D eigenvalue weighted by Crippen LogP contribution is 2.64. The molecule has 5 fully saturated rings. The Labute approximate surface area is 189 Å². The molecule has 5 aliphatic rings. The predicted octanol–water partition coefficient (Wildman–Crippen LogP) is 3.31. The number of hydrogen-bond donors (Lipinski definition) is 0. The van der Waals surface area contributed by atoms with Crippen LogP contribution < -0.4 is 0 Å². The number of carbonyl (C=O) groups is 3. The van der Waals surface area contributed by atoms with Crippen molar-refractivity contribution in [1.29, 1.82) is 0 Å². The molecule has 0 aromatic carbocycles. The average molecular weight is 495 g/mol. The molecule has 8 heteroatoms. The lowest BCUT2D eigenvalue weighted by Crippen LogP contribution is -2.56. The zero-order chi connectivity index (χ0) is 20.9. The van der Waals surface area contributed by atoms with E-state index in [-0.39, 0.29) is 28.7 Å². The molecule has 1 aliphatic heterocycles. The monoisotopic (exact) mass is 494 g/mol. The Balaban J connectivity index is 1.13. The quantitative estimate of drug-likeness (QED) is 0.475. The number of esters is 1. The Morgan fingerprint density at radius 3 is 2.33 bits per heavy atom. The van der Waals surface area contributed by atoms with Gasteiger partial charge in [0.15, 0.2) is 6.61 Å². The van der Waals surface area contributed by atoms with Gasteiger partial charge < -0.3 is 14.5 Å². The Morgan fingerprint density at radius 2 is 1.73 bits per heavy atom. The Bertz CT molecular complexity index is 835. The molecule has 2 amide bonds. The average Bonchev–Trinajstić information content (AvgIpc) is 3.24. The maximum absolute atomic E-state index is 13.0. The number of nitrogens with zero attached hydrogens (tertiary/aromatic N) is 2. The van der Waals surface area contributed by atoms with Crippen LogP contribution in [0.4, 0.5) is 0 Å². The van der Waals surface area contributed by atoms with E-state index in [4.69, 9.17) is 4.74 Å². The fourth-order valence-corrected chi connectivity index (χ4v) is 8.62. The number of carbonyl (C=O) groups excluding carboxylic acids is 3. The lowest BCUT2D eigenvalue weighted by Gasteiger charge is -2.58. The third-order valence-electron chi connectivity index (χ3n) is 7.40. The molecular weight excluding hydrogens is 468 g/mol. The first-order valence-electron chi connectivity index (χ1n) is 10.8. The van der Waals surface area contributed by atoms with Gasteiger partial charge in [0.2, 0.25) is 0 Å². The van der Waals surface area contributed by atoms with Crippen molar-refractivity contribution in [2.75, 3.05) is 32.8 Å². The molecule has 1 aromatic rings. The number of ether oxygens (including phenoxy) is 1. The molecule has 2 heterocycles. The molecule has 1 aromatic heterocycles. The van der Waals surface area contributed by atoms with Gasteiger partial charge in [0.05, 0.1) is 10.3 Å². The maximum atomic E-state index is 13.0. The van der Waals surface area contributed by atoms with Crippen molar-refractivity contribution in [2.24, 2.45) is 17.3 Å². The van der Waals surface area contributed by atoms with E-state index in [0.717, 1.165) is 37.0 Å². The molecule has 1 saturated heterocycles. The summed E-state index contributed by atoms with van der Waals surface area (Å²) < 4.78 is 5.68. The van der Waals surface area contributed by atoms with Crippen LogP contribution in [0.2, 0.25) is 0 Å². The highest BCUT2D eigenvalue weighted by Gasteiger charge is 2.60. The molecule has 4 bridgehead atoms. The third-order valence-corrected chi connectivity index (χ3v) is 9.19. The van der Waals surface area contributed by atoms with Crippen molar-refractivity contribution >= 4 is 45.1 Å². The number of halogens is 1. The van der Waals surface area contributed by atoms with E-state index in [9.17, 15) is 14.4 Å². The molecule has 0 radical (unpaired) electrons. The van der Waals surface area contributed by atoms with Gasteiger partial charge in [0.1, 0.15) is 0 Å². The molecule has 6 rings (SSSR count). The molecule has 2 atom stereocenters. The molecule has 6 nitrogen and oxygen atoms in total. The first-order valence-corrected chi connectivity index (χ1v) is 12.5. The number of rotatable bonds is 4. The summed E-state index contributed by atoms with van der Waals surface area (Å²) in [5.74, 6) is 0.879. The second-order valence-electron chi connectivity index (χ2n) is 9.62. The number of piperazine rings is 1. The molecule has 4 aliphatic carbocycles. The molecule has 30 heavy (non-hydrogen) atoms. The van der Waals surface area contributed by atoms with E-state index >= 15 is 0 Å². The molecule has 162 valence electrons. The van der Waals surface area contributed by atoms with Crippen molar-refractivity contribution in [3.8, 4) is 0 Å². The fraction of sp³-hybridized carbons (Fsp3) is 0.682. The molecular formula is C22H27BrN2O4S. The van der Waals surface area contributed by atoms with Crippen LogP contribution in [0.1, 0.15) is 48.2 Å². The van der Waals surface area contributed by atoms with Crippen molar-refractivity contribution in [2.45, 2.75) is 42.8 Å². The van der Waals surface area contributed by atoms with Crippen molar-refractivity contribution < 1.29 is 19.1 Å². The summed E-state index contributed by atoms with van der Waals surface area (Å²) in [5, 5.41) is 1.89. The maximum Gasteiger partial charge on any atom is 0.312 e. The van der Waals surface area contributed by atoms with Gasteiger partial charge in [0.25, 0.3) is 11.8 Å². The van der Waals surface area contributed by atoms with E-state index in [1.807, 2.05) is 17.5 Å². The van der Waals surface area contributed by atoms with Gasteiger partial charge in [-0.1, -0.05) is 22.0 Å². The molecule has 0 N–H and O–H groups in total. The van der Waals surface area contributed by atoms with Crippen LogP contribution in [0.15, 0.2) is 17.5 Å². The Kier molecular flexibility index (Phi) is 5.21. The minimum Gasteiger partial charge on any atom is -0.455 e. The number of alkyl halides is 1. The van der Waals surface area contributed by atoms with Gasteiger partial charge in [0, 0.05) is 30.5 Å². The van der Waals surface area contributed by atoms with Gasteiger partial charge >= 0.3 is 5.97 Å². The van der Waals surface area contributed by atoms with Gasteiger partial charge in [-0.2, -0.15) is 0 Å². The highest BCUT2D eigenvalue weighted by atomic mass is 79.9. The largest absolute Gasteiger partial charge is 0.455 e. The zero-order valence-electron chi connectivity index (χ0n) is 17.0. The van der Waals surface area contributed by atoms with Gasteiger partial charge in [-0.05, 0) is 61.8 Å². The van der Waals surface area contributed by atoms with Gasteiger partial charge in [-0.25, -0.2) is 0 Å². The second kappa shape index (κ2) is 7.62. The smallest absolute Gasteiger partial charge is 0.312 e. The summed E-state index contributed by atoms with van der Waals surface area (Å²) in [6.07, 6.45) is 6.21. The summed E-state index contributed by atoms with van der Waals surface area (Å²) >= 11 is 5.35. The topological polar surface area (TPSA) is 66.9 Å². The fourth-order valence-electron chi connectivity index (χ4n) is 6.48. The minimum absolute atomic E-state index is 0.0223. The second-order valence-corrected chi connectivity index (χ2v) is 12.2. The van der Waals surface area contributed by atoms with Crippen LogP contribution in [0, 0.1) is 17.3 Å². The van der Waals surface area contributed by atoms with Crippen LogP contribution in [-0.2, 0) is 14.3 Å². The Morgan fingerprint density at radius 1 is 1.07 bits per heavy atom. The van der Waals surface area contributed by atoms with Gasteiger partial charge in [-0.15, -0.1) is 11.3 Å². The first-order chi connectivity index (χ1) is 14.4. The number of hydrogen-bond acceptors (Lipinski definition) is 5. The van der Waals surface area contributed by atoms with Crippen molar-refractivity contribution in [1.82, 2.24) is 9.80 Å². The third kappa shape index (κ3) is 3.70. The zero-order valence-corrected chi connectivity index (χ0v) is 19.4. The summed E-state index contributed by atoms with van der Waals surface area (Å²) in [6, 6.07) is 3.69. The minimum atomic E-state index is -0.403. The number of thiophene rings is 1. The van der Waals surface area contributed by atoms with Gasteiger partial charge in [-0.3, -0.25) is 14.4 Å². The van der Waals surface area contributed by atoms with Crippen LogP contribution in [0.3, 0.4) is 0 Å². The van der Waals surface area contributed by atoms with Crippen molar-refractivity contribution in [3.05, 3.63) is 22.4 Å². The first kappa shape index (κ1) is 20.5. The lowest BCUT2D eigenvalue weighted by atomic mass is 9.49. The van der Waals surface area contributed by atoms with E-state index in [1.54, 1.807) is 9.80 Å². The van der Waals surface area contributed by atoms with E-state index < -0.39 is 5.41 Å². The predicted molar refractivity (Wildman–Crippen MR) is 117 cm³/mol. The lowest BCUT2D eigenvalue weighted by molar-refractivity contribution is -0.172. The normalized spacial score (nSPS) is 34.8. The number of amides is 2. The van der Waals surface area contributed by atoms with Crippen LogP contribution in [0.25, 0.3) is 0 Å².